The predicted molar refractivity (Wildman–Crippen MR) is 99.2 cm³/mol. The first-order chi connectivity index (χ1) is 12.2. The fourth-order valence-electron chi connectivity index (χ4n) is 3.74. The van der Waals surface area contributed by atoms with Crippen LogP contribution in [0.1, 0.15) is 32.6 Å². The third kappa shape index (κ3) is 3.56. The molecular weight excluding hydrogens is 334 g/mol. The second kappa shape index (κ2) is 7.15. The Labute approximate surface area is 152 Å². The van der Waals surface area contributed by atoms with Gasteiger partial charge in [0, 0.05) is 38.6 Å². The third-order valence-corrected chi connectivity index (χ3v) is 6.36. The van der Waals surface area contributed by atoms with Crippen molar-refractivity contribution in [3.8, 4) is 5.13 Å². The van der Waals surface area contributed by atoms with Crippen LogP contribution in [0, 0.1) is 11.8 Å². The molecule has 4 rings (SSSR count). The number of hydrogen-bond donors (Lipinski definition) is 0. The minimum Gasteiger partial charge on any atom is -0.346 e. The molecule has 134 valence electrons. The molecule has 2 aliphatic rings. The normalized spacial score (nSPS) is 22.4. The Morgan fingerprint density at radius 2 is 1.80 bits per heavy atom. The molecule has 7 heteroatoms. The second-order valence-corrected chi connectivity index (χ2v) is 8.18. The van der Waals surface area contributed by atoms with Crippen LogP contribution < -0.4 is 4.90 Å². The summed E-state index contributed by atoms with van der Waals surface area (Å²) in [5.74, 6) is 1.19. The van der Waals surface area contributed by atoms with Crippen LogP contribution in [0.15, 0.2) is 24.5 Å². The highest BCUT2D eigenvalue weighted by atomic mass is 32.1. The molecule has 4 heterocycles. The van der Waals surface area contributed by atoms with Crippen molar-refractivity contribution < 1.29 is 4.79 Å². The highest BCUT2D eigenvalue weighted by Gasteiger charge is 2.31. The lowest BCUT2D eigenvalue weighted by molar-refractivity contribution is -0.137. The van der Waals surface area contributed by atoms with Crippen LogP contribution in [0.25, 0.3) is 5.13 Å². The number of piperidine rings is 2. The maximum absolute atomic E-state index is 12.9. The Balaban J connectivity index is 1.42. The average molecular weight is 359 g/mol. The smallest absolute Gasteiger partial charge is 0.227 e. The molecule has 0 aliphatic carbocycles. The molecule has 2 aromatic rings. The summed E-state index contributed by atoms with van der Waals surface area (Å²) >= 11 is 1.59. The summed E-state index contributed by atoms with van der Waals surface area (Å²) in [5, 5.41) is 10.5. The van der Waals surface area contributed by atoms with Gasteiger partial charge in [-0.05, 0) is 43.7 Å². The first-order valence-electron chi connectivity index (χ1n) is 9.21. The molecule has 2 aliphatic heterocycles. The molecule has 25 heavy (non-hydrogen) atoms. The Bertz CT molecular complexity index is 705. The Morgan fingerprint density at radius 3 is 2.56 bits per heavy atom. The van der Waals surface area contributed by atoms with Gasteiger partial charge in [-0.3, -0.25) is 9.36 Å². The van der Waals surface area contributed by atoms with E-state index in [0.29, 0.717) is 5.91 Å². The van der Waals surface area contributed by atoms with Gasteiger partial charge in [-0.25, -0.2) is 0 Å². The number of rotatable bonds is 3. The van der Waals surface area contributed by atoms with E-state index in [4.69, 9.17) is 0 Å². The van der Waals surface area contributed by atoms with Gasteiger partial charge < -0.3 is 9.80 Å². The number of anilines is 1. The van der Waals surface area contributed by atoms with E-state index in [2.05, 4.69) is 26.9 Å². The highest BCUT2D eigenvalue weighted by Crippen LogP contribution is 2.29. The van der Waals surface area contributed by atoms with Gasteiger partial charge in [0.05, 0.1) is 5.92 Å². The van der Waals surface area contributed by atoms with Crippen LogP contribution in [-0.2, 0) is 4.79 Å². The Kier molecular flexibility index (Phi) is 4.74. The number of carbonyl (C=O) groups excluding carboxylic acids is 1. The summed E-state index contributed by atoms with van der Waals surface area (Å²) in [4.78, 5) is 17.2. The third-order valence-electron chi connectivity index (χ3n) is 5.37. The van der Waals surface area contributed by atoms with Crippen molar-refractivity contribution >= 4 is 22.4 Å². The fraction of sp³-hybridized carbons (Fsp3) is 0.611. The van der Waals surface area contributed by atoms with E-state index in [1.54, 1.807) is 11.3 Å². The first kappa shape index (κ1) is 16.6. The molecule has 6 nitrogen and oxygen atoms in total. The van der Waals surface area contributed by atoms with Crippen LogP contribution in [0.3, 0.4) is 0 Å². The van der Waals surface area contributed by atoms with E-state index < -0.39 is 0 Å². The fourth-order valence-corrected chi connectivity index (χ4v) is 4.59. The van der Waals surface area contributed by atoms with Crippen LogP contribution in [-0.4, -0.2) is 51.8 Å². The monoisotopic (exact) mass is 359 g/mol. The van der Waals surface area contributed by atoms with E-state index in [9.17, 15) is 4.79 Å². The van der Waals surface area contributed by atoms with Crippen molar-refractivity contribution in [2.45, 2.75) is 32.6 Å². The molecule has 1 amide bonds. The van der Waals surface area contributed by atoms with Gasteiger partial charge in [-0.15, -0.1) is 10.2 Å². The van der Waals surface area contributed by atoms with E-state index in [1.807, 2.05) is 29.1 Å². The quantitative estimate of drug-likeness (QED) is 0.846. The van der Waals surface area contributed by atoms with Crippen molar-refractivity contribution in [3.05, 3.63) is 24.5 Å². The number of likely N-dealkylation sites (tertiary alicyclic amines) is 1. The number of hydrogen-bond acceptors (Lipinski definition) is 5. The molecule has 0 aromatic carbocycles. The van der Waals surface area contributed by atoms with Crippen molar-refractivity contribution in [1.29, 1.82) is 0 Å². The Hall–Kier alpha value is -1.89. The summed E-state index contributed by atoms with van der Waals surface area (Å²) in [5.41, 5.74) is 0. The zero-order chi connectivity index (χ0) is 17.2. The summed E-state index contributed by atoms with van der Waals surface area (Å²) in [6, 6.07) is 3.96. The molecule has 0 bridgehead atoms. The molecule has 2 fully saturated rings. The van der Waals surface area contributed by atoms with Crippen LogP contribution in [0.4, 0.5) is 5.13 Å². The molecule has 1 unspecified atom stereocenters. The van der Waals surface area contributed by atoms with Gasteiger partial charge in [-0.1, -0.05) is 18.3 Å². The SMILES string of the molecule is CC1CCN(C(=O)C2CCCN(c3nnc(-n4cccc4)s3)C2)CC1. The van der Waals surface area contributed by atoms with Gasteiger partial charge in [-0.2, -0.15) is 0 Å². The molecule has 0 radical (unpaired) electrons. The number of nitrogens with zero attached hydrogens (tertiary/aromatic N) is 5. The second-order valence-electron chi connectivity index (χ2n) is 7.25. The lowest BCUT2D eigenvalue weighted by Crippen LogP contribution is -2.47. The van der Waals surface area contributed by atoms with Crippen LogP contribution in [0.2, 0.25) is 0 Å². The highest BCUT2D eigenvalue weighted by molar-refractivity contribution is 7.17. The van der Waals surface area contributed by atoms with Gasteiger partial charge in [0.15, 0.2) is 0 Å². The summed E-state index contributed by atoms with van der Waals surface area (Å²) in [6.45, 7) is 5.86. The van der Waals surface area contributed by atoms with E-state index in [0.717, 1.165) is 68.0 Å². The van der Waals surface area contributed by atoms with E-state index in [-0.39, 0.29) is 5.92 Å². The van der Waals surface area contributed by atoms with Gasteiger partial charge in [0.2, 0.25) is 16.2 Å². The predicted octanol–water partition coefficient (Wildman–Crippen LogP) is 2.80. The van der Waals surface area contributed by atoms with Gasteiger partial charge in [0.1, 0.15) is 0 Å². The topological polar surface area (TPSA) is 54.3 Å². The molecular formula is C18H25N5OS. The molecule has 2 saturated heterocycles. The maximum atomic E-state index is 12.9. The zero-order valence-corrected chi connectivity index (χ0v) is 15.5. The molecule has 0 saturated carbocycles. The summed E-state index contributed by atoms with van der Waals surface area (Å²) in [7, 11) is 0. The molecule has 0 N–H and O–H groups in total. The largest absolute Gasteiger partial charge is 0.346 e. The standard InChI is InChI=1S/C18H25N5OS/c1-14-6-11-21(12-7-14)16(24)15-5-4-10-23(13-15)18-20-19-17(25-18)22-8-2-3-9-22/h2-3,8-9,14-15H,4-7,10-13H2,1H3. The zero-order valence-electron chi connectivity index (χ0n) is 14.7. The Morgan fingerprint density at radius 1 is 1.08 bits per heavy atom. The number of carbonyl (C=O) groups is 1. The summed E-state index contributed by atoms with van der Waals surface area (Å²) < 4.78 is 1.97. The number of aromatic nitrogens is 3. The van der Waals surface area contributed by atoms with Crippen molar-refractivity contribution in [3.63, 3.8) is 0 Å². The van der Waals surface area contributed by atoms with Crippen molar-refractivity contribution in [2.75, 3.05) is 31.1 Å². The van der Waals surface area contributed by atoms with Gasteiger partial charge >= 0.3 is 0 Å². The van der Waals surface area contributed by atoms with E-state index in [1.165, 1.54) is 0 Å². The molecule has 2 aromatic heterocycles. The van der Waals surface area contributed by atoms with Crippen molar-refractivity contribution in [1.82, 2.24) is 19.7 Å². The molecule has 1 atom stereocenters. The number of amides is 1. The average Bonchev–Trinajstić information content (AvgIpc) is 3.33. The van der Waals surface area contributed by atoms with Crippen molar-refractivity contribution in [2.24, 2.45) is 11.8 Å². The minimum atomic E-state index is 0.0982. The minimum absolute atomic E-state index is 0.0982. The van der Waals surface area contributed by atoms with Gasteiger partial charge in [0.25, 0.3) is 0 Å². The lowest BCUT2D eigenvalue weighted by atomic mass is 9.94. The maximum Gasteiger partial charge on any atom is 0.227 e. The van der Waals surface area contributed by atoms with Crippen LogP contribution >= 0.6 is 11.3 Å². The summed E-state index contributed by atoms with van der Waals surface area (Å²) in [6.07, 6.45) is 8.26. The first-order valence-corrected chi connectivity index (χ1v) is 10.0. The van der Waals surface area contributed by atoms with E-state index >= 15 is 0 Å². The lowest BCUT2D eigenvalue weighted by Gasteiger charge is -2.37. The molecule has 0 spiro atoms. The van der Waals surface area contributed by atoms with Crippen LogP contribution in [0.5, 0.6) is 0 Å².